The molecular weight excluding hydrogens is 324 g/mol. The number of carboxylic acids is 1. The minimum Gasteiger partial charge on any atom is -0.496 e. The van der Waals surface area contributed by atoms with Gasteiger partial charge in [0.25, 0.3) is 0 Å². The van der Waals surface area contributed by atoms with Crippen molar-refractivity contribution in [1.82, 2.24) is 9.97 Å². The second-order valence-corrected chi connectivity index (χ2v) is 5.39. The zero-order valence-electron chi connectivity index (χ0n) is 11.2. The Labute approximate surface area is 125 Å². The van der Waals surface area contributed by atoms with E-state index in [1.54, 1.807) is 20.2 Å². The number of benzene rings is 1. The lowest BCUT2D eigenvalue weighted by atomic mass is 10.1. The van der Waals surface area contributed by atoms with Gasteiger partial charge in [-0.25, -0.2) is 4.98 Å². The molecule has 5 nitrogen and oxygen atoms in total. The number of aromatic amines is 1. The van der Waals surface area contributed by atoms with Gasteiger partial charge in [0.2, 0.25) is 0 Å². The van der Waals surface area contributed by atoms with Crippen LogP contribution >= 0.6 is 15.9 Å². The van der Waals surface area contributed by atoms with Crippen LogP contribution in [-0.2, 0) is 11.2 Å². The largest absolute Gasteiger partial charge is 0.496 e. The maximum absolute atomic E-state index is 10.8. The maximum atomic E-state index is 10.8. The zero-order chi connectivity index (χ0) is 14.7. The molecule has 106 valence electrons. The van der Waals surface area contributed by atoms with E-state index in [0.717, 1.165) is 21.5 Å². The van der Waals surface area contributed by atoms with Crippen molar-refractivity contribution < 1.29 is 14.6 Å². The van der Waals surface area contributed by atoms with Gasteiger partial charge in [-0.1, -0.05) is 6.92 Å². The number of rotatable bonds is 5. The van der Waals surface area contributed by atoms with Crippen LogP contribution < -0.4 is 4.74 Å². The highest BCUT2D eigenvalue weighted by atomic mass is 79.9. The molecule has 0 saturated carbocycles. The number of carbonyl (C=O) groups is 1. The lowest BCUT2D eigenvalue weighted by molar-refractivity contribution is -0.141. The number of H-pyrrole nitrogens is 1. The quantitative estimate of drug-likeness (QED) is 0.878. The second-order valence-electron chi connectivity index (χ2n) is 4.54. The molecule has 2 rings (SSSR count). The van der Waals surface area contributed by atoms with E-state index in [-0.39, 0.29) is 0 Å². The van der Waals surface area contributed by atoms with Gasteiger partial charge in [0, 0.05) is 12.0 Å². The molecule has 1 atom stereocenters. The molecule has 0 radical (unpaired) electrons. The van der Waals surface area contributed by atoms with Crippen LogP contribution in [0.1, 0.15) is 12.7 Å². The number of hydrogen-bond donors (Lipinski definition) is 2. The van der Waals surface area contributed by atoms with Crippen molar-refractivity contribution in [3.05, 3.63) is 34.7 Å². The lowest BCUT2D eigenvalue weighted by Gasteiger charge is -2.05. The van der Waals surface area contributed by atoms with Crippen molar-refractivity contribution in [3.63, 3.8) is 0 Å². The van der Waals surface area contributed by atoms with Gasteiger partial charge in [-0.05, 0) is 34.1 Å². The molecule has 1 aromatic carbocycles. The van der Waals surface area contributed by atoms with E-state index in [4.69, 9.17) is 9.84 Å². The Balaban J connectivity index is 2.20. The molecule has 20 heavy (non-hydrogen) atoms. The smallest absolute Gasteiger partial charge is 0.306 e. The van der Waals surface area contributed by atoms with Crippen LogP contribution in [0.5, 0.6) is 5.75 Å². The second kappa shape index (κ2) is 6.09. The van der Waals surface area contributed by atoms with Crippen LogP contribution in [0.3, 0.4) is 0 Å². The summed E-state index contributed by atoms with van der Waals surface area (Å²) < 4.78 is 6.04. The molecule has 0 bridgehead atoms. The number of halogens is 1. The van der Waals surface area contributed by atoms with Gasteiger partial charge in [0.1, 0.15) is 11.6 Å². The van der Waals surface area contributed by atoms with Gasteiger partial charge in [-0.15, -0.1) is 0 Å². The summed E-state index contributed by atoms with van der Waals surface area (Å²) >= 11 is 3.43. The van der Waals surface area contributed by atoms with E-state index in [9.17, 15) is 4.79 Å². The Morgan fingerprint density at radius 3 is 2.90 bits per heavy atom. The maximum Gasteiger partial charge on any atom is 0.306 e. The monoisotopic (exact) mass is 338 g/mol. The molecule has 1 heterocycles. The molecule has 0 spiro atoms. The number of nitrogens with one attached hydrogen (secondary N) is 1. The van der Waals surface area contributed by atoms with Crippen LogP contribution in [0.15, 0.2) is 28.9 Å². The first kappa shape index (κ1) is 14.6. The third-order valence-electron chi connectivity index (χ3n) is 3.01. The number of aliphatic carboxylic acids is 1. The zero-order valence-corrected chi connectivity index (χ0v) is 12.8. The summed E-state index contributed by atoms with van der Waals surface area (Å²) in [6, 6.07) is 5.71. The molecule has 2 N–H and O–H groups in total. The summed E-state index contributed by atoms with van der Waals surface area (Å²) in [5.41, 5.74) is 1.81. The van der Waals surface area contributed by atoms with E-state index in [1.807, 2.05) is 18.2 Å². The predicted octanol–water partition coefficient (Wildman–Crippen LogP) is 3.11. The summed E-state index contributed by atoms with van der Waals surface area (Å²) in [5.74, 6) is 0.140. The number of aromatic nitrogens is 2. The highest BCUT2D eigenvalue weighted by molar-refractivity contribution is 9.10. The van der Waals surface area contributed by atoms with Crippen molar-refractivity contribution >= 4 is 21.9 Å². The van der Waals surface area contributed by atoms with Gasteiger partial charge in [0.05, 0.1) is 29.4 Å². The van der Waals surface area contributed by atoms with Crippen molar-refractivity contribution in [1.29, 1.82) is 0 Å². The molecule has 1 aromatic heterocycles. The minimum atomic E-state index is -0.824. The Bertz CT molecular complexity index is 625. The van der Waals surface area contributed by atoms with Crippen LogP contribution in [0.25, 0.3) is 11.3 Å². The fourth-order valence-electron chi connectivity index (χ4n) is 1.82. The SMILES string of the molecule is COc1ccc(-c2cnc(CC(C)C(=O)O)[nH]2)cc1Br. The van der Waals surface area contributed by atoms with Crippen molar-refractivity contribution in [2.75, 3.05) is 7.11 Å². The van der Waals surface area contributed by atoms with E-state index >= 15 is 0 Å². The van der Waals surface area contributed by atoms with Gasteiger partial charge in [-0.2, -0.15) is 0 Å². The highest BCUT2D eigenvalue weighted by Crippen LogP contribution is 2.29. The van der Waals surface area contributed by atoms with E-state index in [2.05, 4.69) is 25.9 Å². The van der Waals surface area contributed by atoms with Crippen molar-refractivity contribution in [2.45, 2.75) is 13.3 Å². The summed E-state index contributed by atoms with van der Waals surface area (Å²) in [4.78, 5) is 18.2. The Morgan fingerprint density at radius 1 is 1.55 bits per heavy atom. The number of ether oxygens (including phenoxy) is 1. The standard InChI is InChI=1S/C14H15BrN2O3/c1-8(14(18)19)5-13-16-7-11(17-13)9-3-4-12(20-2)10(15)6-9/h3-4,6-8H,5H2,1-2H3,(H,16,17)(H,18,19). The molecule has 0 aliphatic carbocycles. The van der Waals surface area contributed by atoms with E-state index in [0.29, 0.717) is 12.2 Å². The molecule has 0 amide bonds. The minimum absolute atomic E-state index is 0.382. The first-order valence-corrected chi connectivity index (χ1v) is 6.91. The van der Waals surface area contributed by atoms with Crippen LogP contribution in [-0.4, -0.2) is 28.2 Å². The fraction of sp³-hybridized carbons (Fsp3) is 0.286. The first-order valence-electron chi connectivity index (χ1n) is 6.12. The molecule has 6 heteroatoms. The van der Waals surface area contributed by atoms with Crippen molar-refractivity contribution in [3.8, 4) is 17.0 Å². The third kappa shape index (κ3) is 3.19. The summed E-state index contributed by atoms with van der Waals surface area (Å²) in [5, 5.41) is 8.90. The normalized spacial score (nSPS) is 12.2. The van der Waals surface area contributed by atoms with Crippen molar-refractivity contribution in [2.24, 2.45) is 5.92 Å². The lowest BCUT2D eigenvalue weighted by Crippen LogP contribution is -2.12. The molecule has 2 aromatic rings. The van der Waals surface area contributed by atoms with Crippen LogP contribution in [0.4, 0.5) is 0 Å². The molecule has 0 aliphatic heterocycles. The Hall–Kier alpha value is -1.82. The summed E-state index contributed by atoms with van der Waals surface area (Å²) in [6.07, 6.45) is 2.09. The van der Waals surface area contributed by atoms with Crippen LogP contribution in [0.2, 0.25) is 0 Å². The molecular formula is C14H15BrN2O3. The molecule has 0 aliphatic rings. The molecule has 1 unspecified atom stereocenters. The average molecular weight is 339 g/mol. The number of nitrogens with zero attached hydrogens (tertiary/aromatic N) is 1. The number of hydrogen-bond acceptors (Lipinski definition) is 3. The van der Waals surface area contributed by atoms with Crippen LogP contribution in [0, 0.1) is 5.92 Å². The average Bonchev–Trinajstić information content (AvgIpc) is 2.87. The van der Waals surface area contributed by atoms with Gasteiger partial charge in [-0.3, -0.25) is 4.79 Å². The fourth-order valence-corrected chi connectivity index (χ4v) is 2.36. The Kier molecular flexibility index (Phi) is 4.44. The van der Waals surface area contributed by atoms with E-state index < -0.39 is 11.9 Å². The molecule has 0 fully saturated rings. The number of imidazole rings is 1. The number of carboxylic acid groups (broad SMARTS) is 1. The van der Waals surface area contributed by atoms with Gasteiger partial charge in [0.15, 0.2) is 0 Å². The van der Waals surface area contributed by atoms with Gasteiger partial charge < -0.3 is 14.8 Å². The Morgan fingerprint density at radius 2 is 2.30 bits per heavy atom. The topological polar surface area (TPSA) is 75.2 Å². The highest BCUT2D eigenvalue weighted by Gasteiger charge is 2.14. The molecule has 0 saturated heterocycles. The van der Waals surface area contributed by atoms with E-state index in [1.165, 1.54) is 0 Å². The first-order chi connectivity index (χ1) is 9.51. The summed E-state index contributed by atoms with van der Waals surface area (Å²) in [6.45, 7) is 1.66. The number of methoxy groups -OCH3 is 1. The predicted molar refractivity (Wildman–Crippen MR) is 78.8 cm³/mol. The van der Waals surface area contributed by atoms with Gasteiger partial charge >= 0.3 is 5.97 Å². The third-order valence-corrected chi connectivity index (χ3v) is 3.63. The summed E-state index contributed by atoms with van der Waals surface area (Å²) in [7, 11) is 1.61.